The van der Waals surface area contributed by atoms with Gasteiger partial charge in [0.1, 0.15) is 5.82 Å². The van der Waals surface area contributed by atoms with Crippen LogP contribution >= 0.6 is 31.9 Å². The zero-order valence-corrected chi connectivity index (χ0v) is 10.5. The molecule has 2 rings (SSSR count). The molecule has 2 aromatic rings. The Balaban J connectivity index is 2.44. The number of benzene rings is 1. The number of rotatable bonds is 2. The van der Waals surface area contributed by atoms with Gasteiger partial charge in [-0.1, -0.05) is 21.1 Å². The lowest BCUT2D eigenvalue weighted by atomic mass is 10.2. The summed E-state index contributed by atoms with van der Waals surface area (Å²) < 4.78 is 18.4. The molecule has 0 aliphatic heterocycles. The van der Waals surface area contributed by atoms with Gasteiger partial charge < -0.3 is 4.52 Å². The van der Waals surface area contributed by atoms with Gasteiger partial charge in [0.2, 0.25) is 0 Å². The van der Waals surface area contributed by atoms with E-state index in [0.717, 1.165) is 0 Å². The molecular weight excluding hydrogens is 331 g/mol. The van der Waals surface area contributed by atoms with Gasteiger partial charge in [-0.05, 0) is 34.1 Å². The fourth-order valence-electron chi connectivity index (χ4n) is 1.08. The second kappa shape index (κ2) is 4.40. The minimum absolute atomic E-state index is 0.314. The van der Waals surface area contributed by atoms with E-state index in [2.05, 4.69) is 42.0 Å². The molecule has 0 N–H and O–H groups in total. The Morgan fingerprint density at radius 2 is 2.20 bits per heavy atom. The maximum Gasteiger partial charge on any atom is 0.259 e. The molecule has 1 aromatic heterocycles. The van der Waals surface area contributed by atoms with Crippen LogP contribution in [0.5, 0.6) is 0 Å². The van der Waals surface area contributed by atoms with Gasteiger partial charge in [-0.15, -0.1) is 0 Å². The van der Waals surface area contributed by atoms with Crippen molar-refractivity contribution >= 4 is 31.9 Å². The summed E-state index contributed by atoms with van der Waals surface area (Å²) in [4.78, 5) is 4.11. The minimum atomic E-state index is -0.314. The number of nitrogens with zero attached hydrogens (tertiary/aromatic N) is 2. The molecule has 0 radical (unpaired) electrons. The molecule has 0 atom stereocenters. The van der Waals surface area contributed by atoms with Crippen molar-refractivity contribution in [3.05, 3.63) is 34.3 Å². The monoisotopic (exact) mass is 334 g/mol. The van der Waals surface area contributed by atoms with Crippen LogP contribution in [0.4, 0.5) is 4.39 Å². The molecule has 3 nitrogen and oxygen atoms in total. The molecule has 0 fully saturated rings. The van der Waals surface area contributed by atoms with Crippen molar-refractivity contribution in [1.29, 1.82) is 0 Å². The van der Waals surface area contributed by atoms with Crippen LogP contribution in [0.2, 0.25) is 0 Å². The largest absolute Gasteiger partial charge is 0.334 e. The molecule has 0 unspecified atom stereocenters. The number of alkyl halides is 1. The first-order chi connectivity index (χ1) is 7.20. The van der Waals surface area contributed by atoms with Crippen molar-refractivity contribution < 1.29 is 8.91 Å². The molecule has 0 spiro atoms. The van der Waals surface area contributed by atoms with Crippen LogP contribution in [0.25, 0.3) is 11.5 Å². The maximum atomic E-state index is 12.8. The molecule has 0 aliphatic carbocycles. The Labute approximate surface area is 102 Å². The zero-order valence-electron chi connectivity index (χ0n) is 7.38. The van der Waals surface area contributed by atoms with Crippen molar-refractivity contribution in [3.8, 4) is 11.5 Å². The highest BCUT2D eigenvalue weighted by atomic mass is 79.9. The summed E-state index contributed by atoms with van der Waals surface area (Å²) in [5, 5.41) is 4.25. The van der Waals surface area contributed by atoms with Crippen LogP contribution in [0.15, 0.2) is 27.2 Å². The number of hydrogen-bond acceptors (Lipinski definition) is 3. The summed E-state index contributed by atoms with van der Waals surface area (Å²) >= 11 is 6.45. The molecule has 0 aliphatic rings. The van der Waals surface area contributed by atoms with Gasteiger partial charge >= 0.3 is 0 Å². The SMILES string of the molecule is Fc1ccc(-c2nc(CBr)no2)c(Br)c1. The van der Waals surface area contributed by atoms with E-state index in [-0.39, 0.29) is 5.82 Å². The second-order valence-corrected chi connectivity index (χ2v) is 4.19. The van der Waals surface area contributed by atoms with Gasteiger partial charge in [-0.2, -0.15) is 4.98 Å². The predicted octanol–water partition coefficient (Wildman–Crippen LogP) is 3.53. The number of halogens is 3. The van der Waals surface area contributed by atoms with Crippen LogP contribution < -0.4 is 0 Å². The minimum Gasteiger partial charge on any atom is -0.334 e. The van der Waals surface area contributed by atoms with Gasteiger partial charge in [0.05, 0.1) is 10.9 Å². The number of hydrogen-bond donors (Lipinski definition) is 0. The molecule has 0 saturated heterocycles. The van der Waals surface area contributed by atoms with Crippen LogP contribution in [0.1, 0.15) is 5.82 Å². The second-order valence-electron chi connectivity index (χ2n) is 2.77. The van der Waals surface area contributed by atoms with E-state index < -0.39 is 0 Å². The highest BCUT2D eigenvalue weighted by Crippen LogP contribution is 2.27. The van der Waals surface area contributed by atoms with Crippen molar-refractivity contribution in [2.45, 2.75) is 5.33 Å². The average molecular weight is 336 g/mol. The van der Waals surface area contributed by atoms with Crippen molar-refractivity contribution in [2.24, 2.45) is 0 Å². The molecule has 0 amide bonds. The van der Waals surface area contributed by atoms with E-state index in [1.807, 2.05) is 0 Å². The lowest BCUT2D eigenvalue weighted by molar-refractivity contribution is 0.425. The Morgan fingerprint density at radius 3 is 2.80 bits per heavy atom. The molecule has 0 bridgehead atoms. The third-order valence-corrected chi connectivity index (χ3v) is 2.91. The topological polar surface area (TPSA) is 38.9 Å². The van der Waals surface area contributed by atoms with Crippen LogP contribution in [-0.4, -0.2) is 10.1 Å². The Kier molecular flexibility index (Phi) is 3.16. The predicted molar refractivity (Wildman–Crippen MR) is 60.0 cm³/mol. The fraction of sp³-hybridized carbons (Fsp3) is 0.111. The van der Waals surface area contributed by atoms with Crippen LogP contribution in [-0.2, 0) is 5.33 Å². The Hall–Kier alpha value is -0.750. The summed E-state index contributed by atoms with van der Waals surface area (Å²) in [5.74, 6) is 0.614. The normalized spacial score (nSPS) is 10.6. The summed E-state index contributed by atoms with van der Waals surface area (Å²) in [5.41, 5.74) is 0.677. The number of aromatic nitrogens is 2. The van der Waals surface area contributed by atoms with E-state index in [9.17, 15) is 4.39 Å². The fourth-order valence-corrected chi connectivity index (χ4v) is 1.83. The van der Waals surface area contributed by atoms with Gasteiger partial charge in [0.15, 0.2) is 5.82 Å². The van der Waals surface area contributed by atoms with Crippen molar-refractivity contribution in [2.75, 3.05) is 0 Å². The van der Waals surface area contributed by atoms with Gasteiger partial charge in [0, 0.05) is 4.47 Å². The van der Waals surface area contributed by atoms with E-state index in [1.165, 1.54) is 12.1 Å². The van der Waals surface area contributed by atoms with Crippen molar-refractivity contribution in [3.63, 3.8) is 0 Å². The van der Waals surface area contributed by atoms with Crippen LogP contribution in [0.3, 0.4) is 0 Å². The van der Waals surface area contributed by atoms with Gasteiger partial charge in [0.25, 0.3) is 5.89 Å². The molecule has 1 heterocycles. The molecule has 78 valence electrons. The molecular formula is C9H5Br2FN2O. The quantitative estimate of drug-likeness (QED) is 0.788. The van der Waals surface area contributed by atoms with Crippen molar-refractivity contribution in [1.82, 2.24) is 10.1 Å². The van der Waals surface area contributed by atoms with E-state index in [1.54, 1.807) is 6.07 Å². The smallest absolute Gasteiger partial charge is 0.259 e. The molecule has 0 saturated carbocycles. The first-order valence-corrected chi connectivity index (χ1v) is 5.96. The van der Waals surface area contributed by atoms with Gasteiger partial charge in [-0.3, -0.25) is 0 Å². The molecule has 1 aromatic carbocycles. The third kappa shape index (κ3) is 2.26. The highest BCUT2D eigenvalue weighted by molar-refractivity contribution is 9.10. The molecule has 15 heavy (non-hydrogen) atoms. The third-order valence-electron chi connectivity index (χ3n) is 1.75. The Bertz CT molecular complexity index is 487. The summed E-state index contributed by atoms with van der Waals surface area (Å²) in [7, 11) is 0. The first-order valence-electron chi connectivity index (χ1n) is 4.04. The van der Waals surface area contributed by atoms with Gasteiger partial charge in [-0.25, -0.2) is 4.39 Å². The van der Waals surface area contributed by atoms with Crippen LogP contribution in [0, 0.1) is 5.82 Å². The lowest BCUT2D eigenvalue weighted by Crippen LogP contribution is -1.83. The zero-order chi connectivity index (χ0) is 10.8. The Morgan fingerprint density at radius 1 is 1.40 bits per heavy atom. The lowest BCUT2D eigenvalue weighted by Gasteiger charge is -1.97. The average Bonchev–Trinajstić information content (AvgIpc) is 2.66. The summed E-state index contributed by atoms with van der Waals surface area (Å²) in [6.45, 7) is 0. The summed E-state index contributed by atoms with van der Waals surface area (Å²) in [6, 6.07) is 4.29. The summed E-state index contributed by atoms with van der Waals surface area (Å²) in [6.07, 6.45) is 0. The van der Waals surface area contributed by atoms with E-state index >= 15 is 0 Å². The van der Waals surface area contributed by atoms with E-state index in [0.29, 0.717) is 27.1 Å². The maximum absolute atomic E-state index is 12.8. The standard InChI is InChI=1S/C9H5Br2FN2O/c10-4-8-13-9(15-14-8)6-2-1-5(12)3-7(6)11/h1-3H,4H2. The highest BCUT2D eigenvalue weighted by Gasteiger charge is 2.11. The first kappa shape index (κ1) is 10.8. The molecule has 6 heteroatoms. The van der Waals surface area contributed by atoms with E-state index in [4.69, 9.17) is 4.52 Å².